The predicted molar refractivity (Wildman–Crippen MR) is 122 cm³/mol. The Morgan fingerprint density at radius 3 is 2.59 bits per heavy atom. The number of esters is 1. The van der Waals surface area contributed by atoms with E-state index in [9.17, 15) is 14.4 Å². The molecule has 1 atom stereocenters. The van der Waals surface area contributed by atoms with Crippen molar-refractivity contribution >= 4 is 52.3 Å². The van der Waals surface area contributed by atoms with E-state index in [1.165, 1.54) is 19.5 Å². The number of aromatic nitrogens is 1. The van der Waals surface area contributed by atoms with Gasteiger partial charge in [0.2, 0.25) is 0 Å². The van der Waals surface area contributed by atoms with Crippen LogP contribution in [0.1, 0.15) is 40.7 Å². The van der Waals surface area contributed by atoms with E-state index in [2.05, 4.69) is 9.98 Å². The minimum absolute atomic E-state index is 0.143. The molecule has 1 aliphatic carbocycles. The number of ether oxygens (including phenoxy) is 1. The SMILES string of the molecule is COC(=O)C(Cc1ccc2c(c1)CCN2C(=O)c1c(Cl)cncc1Cl)N=C1CCC(=O)C1. The molecule has 7 nitrogen and oxygen atoms in total. The Morgan fingerprint density at radius 2 is 1.94 bits per heavy atom. The average molecular weight is 474 g/mol. The van der Waals surface area contributed by atoms with Crippen LogP contribution in [0.2, 0.25) is 10.0 Å². The fourth-order valence-electron chi connectivity index (χ4n) is 4.10. The van der Waals surface area contributed by atoms with Gasteiger partial charge >= 0.3 is 5.97 Å². The van der Waals surface area contributed by atoms with Crippen molar-refractivity contribution in [2.45, 2.75) is 38.1 Å². The minimum atomic E-state index is -0.701. The summed E-state index contributed by atoms with van der Waals surface area (Å²) >= 11 is 12.3. The Kier molecular flexibility index (Phi) is 6.58. The number of methoxy groups -OCH3 is 1. The van der Waals surface area contributed by atoms with Gasteiger partial charge in [0.25, 0.3) is 5.91 Å². The summed E-state index contributed by atoms with van der Waals surface area (Å²) in [6.45, 7) is 0.497. The number of rotatable bonds is 5. The summed E-state index contributed by atoms with van der Waals surface area (Å²) in [4.78, 5) is 47.0. The quantitative estimate of drug-likeness (QED) is 0.614. The molecule has 1 aliphatic heterocycles. The van der Waals surface area contributed by atoms with Crippen LogP contribution in [0.15, 0.2) is 35.6 Å². The first kappa shape index (κ1) is 22.4. The van der Waals surface area contributed by atoms with E-state index >= 15 is 0 Å². The van der Waals surface area contributed by atoms with Crippen LogP contribution in [0.5, 0.6) is 0 Å². The fraction of sp³-hybridized carbons (Fsp3) is 0.348. The molecule has 166 valence electrons. The van der Waals surface area contributed by atoms with Gasteiger partial charge in [-0.15, -0.1) is 0 Å². The van der Waals surface area contributed by atoms with Gasteiger partial charge in [0.05, 0.1) is 22.7 Å². The number of amides is 1. The zero-order valence-electron chi connectivity index (χ0n) is 17.4. The number of benzene rings is 1. The highest BCUT2D eigenvalue weighted by molar-refractivity contribution is 6.40. The van der Waals surface area contributed by atoms with Crippen molar-refractivity contribution in [3.8, 4) is 0 Å². The van der Waals surface area contributed by atoms with Crippen molar-refractivity contribution in [1.82, 2.24) is 4.98 Å². The highest BCUT2D eigenvalue weighted by Gasteiger charge is 2.29. The summed E-state index contributed by atoms with van der Waals surface area (Å²) in [7, 11) is 1.33. The van der Waals surface area contributed by atoms with E-state index < -0.39 is 12.0 Å². The lowest BCUT2D eigenvalue weighted by molar-refractivity contribution is -0.142. The van der Waals surface area contributed by atoms with Gasteiger partial charge in [0, 0.05) is 49.6 Å². The van der Waals surface area contributed by atoms with Gasteiger partial charge < -0.3 is 9.64 Å². The van der Waals surface area contributed by atoms with Crippen LogP contribution in [0.3, 0.4) is 0 Å². The van der Waals surface area contributed by atoms with E-state index in [4.69, 9.17) is 27.9 Å². The first-order chi connectivity index (χ1) is 15.4. The van der Waals surface area contributed by atoms with Crippen molar-refractivity contribution in [3.05, 3.63) is 57.3 Å². The maximum absolute atomic E-state index is 13.1. The van der Waals surface area contributed by atoms with Crippen molar-refractivity contribution in [2.24, 2.45) is 4.99 Å². The summed E-state index contributed by atoms with van der Waals surface area (Å²) in [5.74, 6) is -0.571. The van der Waals surface area contributed by atoms with Gasteiger partial charge in [-0.3, -0.25) is 19.6 Å². The molecule has 1 fully saturated rings. The molecule has 0 saturated heterocycles. The van der Waals surface area contributed by atoms with Gasteiger partial charge in [0.15, 0.2) is 6.04 Å². The molecule has 2 heterocycles. The first-order valence-corrected chi connectivity index (χ1v) is 11.0. The van der Waals surface area contributed by atoms with Crippen LogP contribution >= 0.6 is 23.2 Å². The third kappa shape index (κ3) is 4.54. The topological polar surface area (TPSA) is 88.9 Å². The maximum Gasteiger partial charge on any atom is 0.330 e. The lowest BCUT2D eigenvalue weighted by Crippen LogP contribution is -2.29. The molecular formula is C23H21Cl2N3O4. The molecule has 0 N–H and O–H groups in total. The summed E-state index contributed by atoms with van der Waals surface area (Å²) in [6, 6.07) is 5.01. The maximum atomic E-state index is 13.1. The highest BCUT2D eigenvalue weighted by Crippen LogP contribution is 2.33. The second-order valence-electron chi connectivity index (χ2n) is 7.80. The van der Waals surface area contributed by atoms with Crippen LogP contribution in [0.25, 0.3) is 0 Å². The molecular weight excluding hydrogens is 453 g/mol. The molecule has 4 rings (SSSR count). The van der Waals surface area contributed by atoms with Gasteiger partial charge in [-0.25, -0.2) is 4.79 Å². The Hall–Kier alpha value is -2.77. The Bertz CT molecular complexity index is 1110. The average Bonchev–Trinajstić information content (AvgIpc) is 3.38. The molecule has 1 amide bonds. The van der Waals surface area contributed by atoms with E-state index in [1.54, 1.807) is 4.90 Å². The van der Waals surface area contributed by atoms with Crippen molar-refractivity contribution < 1.29 is 19.1 Å². The van der Waals surface area contributed by atoms with Gasteiger partial charge in [0.1, 0.15) is 5.78 Å². The van der Waals surface area contributed by atoms with E-state index in [0.29, 0.717) is 38.6 Å². The minimum Gasteiger partial charge on any atom is -0.467 e. The third-order valence-electron chi connectivity index (χ3n) is 5.69. The monoisotopic (exact) mass is 473 g/mol. The number of carbonyl (C=O) groups is 3. The van der Waals surface area contributed by atoms with Gasteiger partial charge in [-0.05, 0) is 30.0 Å². The van der Waals surface area contributed by atoms with Gasteiger partial charge in [-0.2, -0.15) is 0 Å². The fourth-order valence-corrected chi connectivity index (χ4v) is 4.63. The number of Topliss-reactive ketones (excluding diaryl/α,β-unsaturated/α-hetero) is 1. The lowest BCUT2D eigenvalue weighted by Gasteiger charge is -2.19. The summed E-state index contributed by atoms with van der Waals surface area (Å²) < 4.78 is 4.92. The summed E-state index contributed by atoms with van der Waals surface area (Å²) in [5.41, 5.74) is 3.65. The van der Waals surface area contributed by atoms with Gasteiger partial charge in [-0.1, -0.05) is 35.3 Å². The number of carbonyl (C=O) groups excluding carboxylic acids is 3. The van der Waals surface area contributed by atoms with Crippen LogP contribution in [-0.4, -0.2) is 48.1 Å². The number of pyridine rings is 1. The van der Waals surface area contributed by atoms with Crippen molar-refractivity contribution in [1.29, 1.82) is 0 Å². The van der Waals surface area contributed by atoms with Crippen LogP contribution in [-0.2, 0) is 27.2 Å². The number of hydrogen-bond donors (Lipinski definition) is 0. The zero-order valence-corrected chi connectivity index (χ0v) is 18.9. The summed E-state index contributed by atoms with van der Waals surface area (Å²) in [5, 5.41) is 0.413. The molecule has 1 aromatic heterocycles. The second-order valence-corrected chi connectivity index (χ2v) is 8.62. The number of aliphatic imine (C=N–C) groups is 1. The van der Waals surface area contributed by atoms with Crippen LogP contribution in [0, 0.1) is 0 Å². The Balaban J connectivity index is 1.56. The third-order valence-corrected chi connectivity index (χ3v) is 6.26. The molecule has 0 bridgehead atoms. The first-order valence-electron chi connectivity index (χ1n) is 10.2. The lowest BCUT2D eigenvalue weighted by atomic mass is 10.0. The Labute approximate surface area is 195 Å². The summed E-state index contributed by atoms with van der Waals surface area (Å²) in [6.07, 6.45) is 5.18. The van der Waals surface area contributed by atoms with Crippen LogP contribution < -0.4 is 4.90 Å². The number of fused-ring (bicyclic) bond motifs is 1. The van der Waals surface area contributed by atoms with Crippen LogP contribution in [0.4, 0.5) is 5.69 Å². The second kappa shape index (κ2) is 9.38. The van der Waals surface area contributed by atoms with E-state index in [1.807, 2.05) is 18.2 Å². The molecule has 32 heavy (non-hydrogen) atoms. The van der Waals surface area contributed by atoms with Crippen molar-refractivity contribution in [2.75, 3.05) is 18.6 Å². The number of ketones is 1. The van der Waals surface area contributed by atoms with E-state index in [0.717, 1.165) is 22.5 Å². The molecule has 0 spiro atoms. The number of nitrogens with zero attached hydrogens (tertiary/aromatic N) is 3. The number of anilines is 1. The molecule has 0 radical (unpaired) electrons. The molecule has 2 aliphatic rings. The predicted octanol–water partition coefficient (Wildman–Crippen LogP) is 3.87. The number of halogens is 2. The van der Waals surface area contributed by atoms with E-state index in [-0.39, 0.29) is 27.3 Å². The Morgan fingerprint density at radius 1 is 1.19 bits per heavy atom. The molecule has 1 aromatic carbocycles. The normalized spacial score (nSPS) is 17.5. The standard InChI is InChI=1S/C23H21Cl2N3O4/c1-32-23(31)19(27-15-3-4-16(29)10-15)9-13-2-5-20-14(8-13)6-7-28(20)22(30)21-17(24)11-26-12-18(21)25/h2,5,8,11-12,19H,3-4,6-7,9-10H2,1H3. The van der Waals surface area contributed by atoms with Crippen molar-refractivity contribution in [3.63, 3.8) is 0 Å². The number of hydrogen-bond acceptors (Lipinski definition) is 6. The highest BCUT2D eigenvalue weighted by atomic mass is 35.5. The molecule has 1 saturated carbocycles. The smallest absolute Gasteiger partial charge is 0.330 e. The zero-order chi connectivity index (χ0) is 22.8. The molecule has 9 heteroatoms. The molecule has 2 aromatic rings. The molecule has 1 unspecified atom stereocenters. The largest absolute Gasteiger partial charge is 0.467 e.